The smallest absolute Gasteiger partial charge is 0.232 e. The lowest BCUT2D eigenvalue weighted by Gasteiger charge is -2.37. The van der Waals surface area contributed by atoms with Gasteiger partial charge in [0.2, 0.25) is 11.8 Å². The Bertz CT molecular complexity index is 794. The first-order valence-corrected chi connectivity index (χ1v) is 8.73. The maximum absolute atomic E-state index is 12.7. The fourth-order valence-electron chi connectivity index (χ4n) is 3.44. The number of Topliss-reactive ketones (excluding diaryl/α,β-unsaturated/α-hetero) is 1. The average molecular weight is 381 g/mol. The predicted octanol–water partition coefficient (Wildman–Crippen LogP) is 3.71. The van der Waals surface area contributed by atoms with Crippen LogP contribution >= 0.6 is 23.2 Å². The molecule has 5 nitrogen and oxygen atoms in total. The lowest BCUT2D eigenvalue weighted by atomic mass is 9.71. The van der Waals surface area contributed by atoms with Gasteiger partial charge >= 0.3 is 0 Å². The molecule has 2 amide bonds. The van der Waals surface area contributed by atoms with Gasteiger partial charge in [-0.2, -0.15) is 0 Å². The molecule has 132 valence electrons. The number of rotatable bonds is 2. The van der Waals surface area contributed by atoms with E-state index in [-0.39, 0.29) is 23.5 Å². The molecule has 0 saturated carbocycles. The monoisotopic (exact) mass is 380 g/mol. The summed E-state index contributed by atoms with van der Waals surface area (Å²) >= 11 is 11.9. The number of benzene rings is 1. The Balaban J connectivity index is 1.91. The second-order valence-corrected chi connectivity index (χ2v) is 8.16. The van der Waals surface area contributed by atoms with E-state index in [0.29, 0.717) is 39.8 Å². The van der Waals surface area contributed by atoms with Crippen LogP contribution in [0.5, 0.6) is 0 Å². The first-order chi connectivity index (χ1) is 11.6. The zero-order chi connectivity index (χ0) is 18.4. The van der Waals surface area contributed by atoms with E-state index >= 15 is 0 Å². The summed E-state index contributed by atoms with van der Waals surface area (Å²) in [7, 11) is 0. The summed E-state index contributed by atoms with van der Waals surface area (Å²) in [6.07, 6.45) is 0.867. The van der Waals surface area contributed by atoms with Gasteiger partial charge < -0.3 is 10.6 Å². The Kier molecular flexibility index (Phi) is 4.64. The van der Waals surface area contributed by atoms with Crippen LogP contribution in [0.25, 0.3) is 0 Å². The van der Waals surface area contributed by atoms with Crippen molar-refractivity contribution in [3.63, 3.8) is 0 Å². The van der Waals surface area contributed by atoms with Crippen LogP contribution in [0.1, 0.15) is 33.1 Å². The van der Waals surface area contributed by atoms with E-state index < -0.39 is 11.8 Å². The third kappa shape index (κ3) is 3.88. The quantitative estimate of drug-likeness (QED) is 0.820. The third-order valence-electron chi connectivity index (χ3n) is 4.39. The van der Waals surface area contributed by atoms with Crippen LogP contribution in [0.2, 0.25) is 10.0 Å². The minimum Gasteiger partial charge on any atom is -0.329 e. The lowest BCUT2D eigenvalue weighted by molar-refractivity contribution is -0.129. The second-order valence-electron chi connectivity index (χ2n) is 7.29. The molecule has 1 aromatic carbocycles. The number of nitrogens with one attached hydrogen (secondary N) is 2. The van der Waals surface area contributed by atoms with Crippen molar-refractivity contribution < 1.29 is 14.4 Å². The zero-order valence-electron chi connectivity index (χ0n) is 13.9. The molecule has 1 aliphatic carbocycles. The van der Waals surface area contributed by atoms with Gasteiger partial charge in [-0.3, -0.25) is 14.4 Å². The molecule has 7 heteroatoms. The van der Waals surface area contributed by atoms with Gasteiger partial charge in [0.15, 0.2) is 5.78 Å². The Morgan fingerprint density at radius 3 is 2.44 bits per heavy atom. The summed E-state index contributed by atoms with van der Waals surface area (Å²) in [4.78, 5) is 37.4. The molecular formula is C18H18Cl2N2O3. The number of amides is 2. The number of hydrogen-bond acceptors (Lipinski definition) is 3. The molecule has 0 saturated heterocycles. The second kappa shape index (κ2) is 6.46. The van der Waals surface area contributed by atoms with Crippen molar-refractivity contribution in [2.75, 3.05) is 5.32 Å². The number of halogens is 2. The van der Waals surface area contributed by atoms with Crippen molar-refractivity contribution in [1.29, 1.82) is 0 Å². The maximum atomic E-state index is 12.7. The predicted molar refractivity (Wildman–Crippen MR) is 96.4 cm³/mol. The van der Waals surface area contributed by atoms with Crippen LogP contribution in [-0.2, 0) is 14.4 Å². The molecule has 1 aromatic rings. The van der Waals surface area contributed by atoms with Gasteiger partial charge in [0.05, 0.1) is 5.92 Å². The molecule has 3 rings (SSSR count). The number of allylic oxidation sites excluding steroid dienone is 1. The van der Waals surface area contributed by atoms with Crippen LogP contribution in [0.3, 0.4) is 0 Å². The number of anilines is 1. The summed E-state index contributed by atoms with van der Waals surface area (Å²) in [6.45, 7) is 3.94. The molecule has 0 unspecified atom stereocenters. The molecular weight excluding hydrogens is 363 g/mol. The highest BCUT2D eigenvalue weighted by molar-refractivity contribution is 6.35. The molecule has 0 fully saturated rings. The van der Waals surface area contributed by atoms with Gasteiger partial charge in [-0.25, -0.2) is 0 Å². The zero-order valence-corrected chi connectivity index (χ0v) is 15.4. The molecule has 1 aliphatic heterocycles. The molecule has 0 radical (unpaired) electrons. The van der Waals surface area contributed by atoms with Crippen LogP contribution < -0.4 is 10.6 Å². The standard InChI is InChI=1S/C18H18Cl2N2O3/c1-18(2)7-13-16(14(23)8-18)12(6-15(24)22-13)17(25)21-11-4-9(19)3-10(20)5-11/h3-5,12H,6-8H2,1-2H3,(H,21,25)(H,22,24)/t12-/m0/s1. The molecule has 0 bridgehead atoms. The van der Waals surface area contributed by atoms with Crippen LogP contribution in [-0.4, -0.2) is 17.6 Å². The van der Waals surface area contributed by atoms with Crippen molar-refractivity contribution in [3.8, 4) is 0 Å². The first kappa shape index (κ1) is 18.0. The molecule has 2 N–H and O–H groups in total. The average Bonchev–Trinajstić information content (AvgIpc) is 2.43. The van der Waals surface area contributed by atoms with Crippen molar-refractivity contribution >= 4 is 46.5 Å². The van der Waals surface area contributed by atoms with Gasteiger partial charge in [0.1, 0.15) is 0 Å². The van der Waals surface area contributed by atoms with Crippen LogP contribution in [0, 0.1) is 11.3 Å². The maximum Gasteiger partial charge on any atom is 0.232 e. The Morgan fingerprint density at radius 2 is 1.80 bits per heavy atom. The van der Waals surface area contributed by atoms with E-state index in [9.17, 15) is 14.4 Å². The number of hydrogen-bond donors (Lipinski definition) is 2. The summed E-state index contributed by atoms with van der Waals surface area (Å²) in [5.74, 6) is -1.55. The summed E-state index contributed by atoms with van der Waals surface area (Å²) in [5, 5.41) is 6.26. The van der Waals surface area contributed by atoms with Crippen molar-refractivity contribution in [2.24, 2.45) is 11.3 Å². The largest absolute Gasteiger partial charge is 0.329 e. The number of carbonyl (C=O) groups is 3. The fraction of sp³-hybridized carbons (Fsp3) is 0.389. The van der Waals surface area contributed by atoms with Gasteiger partial charge in [-0.15, -0.1) is 0 Å². The van der Waals surface area contributed by atoms with Gasteiger partial charge in [-0.05, 0) is 30.0 Å². The van der Waals surface area contributed by atoms with Crippen LogP contribution in [0.4, 0.5) is 5.69 Å². The minimum atomic E-state index is -0.801. The molecule has 2 aliphatic rings. The molecule has 1 heterocycles. The summed E-state index contributed by atoms with van der Waals surface area (Å²) < 4.78 is 0. The van der Waals surface area contributed by atoms with E-state index in [2.05, 4.69) is 10.6 Å². The van der Waals surface area contributed by atoms with Gasteiger partial charge in [0.25, 0.3) is 0 Å². The highest BCUT2D eigenvalue weighted by atomic mass is 35.5. The highest BCUT2D eigenvalue weighted by Gasteiger charge is 2.42. The Morgan fingerprint density at radius 1 is 1.16 bits per heavy atom. The van der Waals surface area contributed by atoms with Gasteiger partial charge in [0, 0.05) is 39.8 Å². The fourth-order valence-corrected chi connectivity index (χ4v) is 3.96. The first-order valence-electron chi connectivity index (χ1n) is 7.98. The minimum absolute atomic E-state index is 0.0505. The summed E-state index contributed by atoms with van der Waals surface area (Å²) in [6, 6.07) is 4.69. The third-order valence-corrected chi connectivity index (χ3v) is 4.83. The van der Waals surface area contributed by atoms with E-state index in [1.807, 2.05) is 13.8 Å². The van der Waals surface area contributed by atoms with Crippen molar-refractivity contribution in [1.82, 2.24) is 5.32 Å². The van der Waals surface area contributed by atoms with Crippen LogP contribution in [0.15, 0.2) is 29.5 Å². The van der Waals surface area contributed by atoms with E-state index in [0.717, 1.165) is 0 Å². The number of carbonyl (C=O) groups excluding carboxylic acids is 3. The van der Waals surface area contributed by atoms with E-state index in [4.69, 9.17) is 23.2 Å². The van der Waals surface area contributed by atoms with Crippen molar-refractivity contribution in [2.45, 2.75) is 33.1 Å². The topological polar surface area (TPSA) is 75.3 Å². The van der Waals surface area contributed by atoms with E-state index in [1.54, 1.807) is 18.2 Å². The highest BCUT2D eigenvalue weighted by Crippen LogP contribution is 2.41. The Labute approximate surface area is 155 Å². The molecule has 0 aromatic heterocycles. The SMILES string of the molecule is CC1(C)CC(=O)C2=C(C1)NC(=O)C[C@@H]2C(=O)Nc1cc(Cl)cc(Cl)c1. The summed E-state index contributed by atoms with van der Waals surface area (Å²) in [5.41, 5.74) is 1.19. The number of ketones is 1. The van der Waals surface area contributed by atoms with E-state index in [1.165, 1.54) is 0 Å². The van der Waals surface area contributed by atoms with Crippen molar-refractivity contribution in [3.05, 3.63) is 39.5 Å². The van der Waals surface area contributed by atoms with Gasteiger partial charge in [-0.1, -0.05) is 37.0 Å². The normalized spacial score (nSPS) is 22.3. The molecule has 0 spiro atoms. The Hall–Kier alpha value is -1.85. The lowest BCUT2D eigenvalue weighted by Crippen LogP contribution is -2.44. The molecule has 1 atom stereocenters. The molecule has 25 heavy (non-hydrogen) atoms.